The lowest BCUT2D eigenvalue weighted by atomic mass is 9.90. The van der Waals surface area contributed by atoms with Crippen molar-refractivity contribution in [2.45, 2.75) is 197 Å². The number of fused-ring (bicyclic) bond motifs is 2. The Morgan fingerprint density at radius 2 is 0.930 bits per heavy atom. The van der Waals surface area contributed by atoms with E-state index in [0.717, 1.165) is 25.2 Å². The summed E-state index contributed by atoms with van der Waals surface area (Å²) in [6, 6.07) is 21.5. The second kappa shape index (κ2) is 55.4. The molecule has 4 atom stereocenters. The zero-order chi connectivity index (χ0) is 106. The van der Waals surface area contributed by atoms with Gasteiger partial charge < -0.3 is 105 Å². The number of hydrogen-bond acceptors (Lipinski definition) is 26. The molecule has 0 unspecified atom stereocenters. The summed E-state index contributed by atoms with van der Waals surface area (Å²) >= 11 is 0. The number of carbonyl (C=O) groups excluding carboxylic acids is 12. The highest BCUT2D eigenvalue weighted by Crippen LogP contribution is 2.31. The number of halogens is 3. The van der Waals surface area contributed by atoms with E-state index in [1.54, 1.807) is 173 Å². The highest BCUT2D eigenvalue weighted by Gasteiger charge is 2.35. The Balaban J connectivity index is 0.000000355. The van der Waals surface area contributed by atoms with Gasteiger partial charge in [0.15, 0.2) is 11.6 Å². The number of anilines is 4. The molecule has 2 fully saturated rings. The van der Waals surface area contributed by atoms with Crippen LogP contribution in [0.2, 0.25) is 0 Å². The first-order valence-electron chi connectivity index (χ1n) is 47.1. The summed E-state index contributed by atoms with van der Waals surface area (Å²) in [5, 5.41) is 49.0. The summed E-state index contributed by atoms with van der Waals surface area (Å²) < 4.78 is 74.9. The second-order valence-corrected chi connectivity index (χ2v) is 36.6. The van der Waals surface area contributed by atoms with Gasteiger partial charge in [0.25, 0.3) is 5.69 Å². The Morgan fingerprint density at radius 3 is 1.28 bits per heavy atom. The molecular formula is C99H132F3N15O25. The van der Waals surface area contributed by atoms with Gasteiger partial charge in [0.05, 0.1) is 47.9 Å². The van der Waals surface area contributed by atoms with Crippen molar-refractivity contribution in [1.29, 1.82) is 0 Å². The van der Waals surface area contributed by atoms with Gasteiger partial charge in [-0.25, -0.2) is 37.5 Å². The maximum absolute atomic E-state index is 15.4. The van der Waals surface area contributed by atoms with Crippen LogP contribution in [0, 0.1) is 45.4 Å². The van der Waals surface area contributed by atoms with E-state index in [4.69, 9.17) is 30.2 Å². The summed E-state index contributed by atoms with van der Waals surface area (Å²) in [5.74, 6) is -8.89. The van der Waals surface area contributed by atoms with Crippen LogP contribution in [0.4, 0.5) is 60.8 Å². The number of nitrogens with one attached hydrogen (secondary N) is 7. The van der Waals surface area contributed by atoms with Crippen LogP contribution in [-0.4, -0.2) is 246 Å². The summed E-state index contributed by atoms with van der Waals surface area (Å²) in [5.41, 5.74) is -0.233. The van der Waals surface area contributed by atoms with Gasteiger partial charge in [0.2, 0.25) is 46.3 Å². The molecule has 2 aromatic heterocycles. The quantitative estimate of drug-likeness (QED) is 0.00566. The van der Waals surface area contributed by atoms with Gasteiger partial charge in [-0.1, -0.05) is 52.0 Å². The summed E-state index contributed by atoms with van der Waals surface area (Å²) in [6.45, 7) is 25.6. The zero-order valence-electron chi connectivity index (χ0n) is 84.0. The number of benzene rings is 5. The van der Waals surface area contributed by atoms with E-state index in [2.05, 4.69) is 37.2 Å². The van der Waals surface area contributed by atoms with E-state index in [1.165, 1.54) is 57.4 Å². The molecular weight excluding hydrogens is 1860 g/mol. The second-order valence-electron chi connectivity index (χ2n) is 36.6. The average molecular weight is 1990 g/mol. The highest BCUT2D eigenvalue weighted by molar-refractivity contribution is 6.00. The first-order valence-corrected chi connectivity index (χ1v) is 46.4. The molecule has 9 amide bonds. The van der Waals surface area contributed by atoms with Crippen LogP contribution in [-0.2, 0) is 83.6 Å². The number of ether oxygens (including phenoxy) is 5. The molecule has 0 aliphatic carbocycles. The number of hydrogen-bond donors (Lipinski definition) is 9. The fraction of sp³-hybridized carbons (Fsp3) is 0.495. The number of aryl methyl sites for hydroxylation is 2. The molecule has 0 saturated carbocycles. The van der Waals surface area contributed by atoms with E-state index in [0.29, 0.717) is 78.2 Å². The Bertz CT molecular complexity index is 5740. The van der Waals surface area contributed by atoms with Crippen LogP contribution in [0.3, 0.4) is 0 Å². The van der Waals surface area contributed by atoms with E-state index < -0.39 is 123 Å². The molecule has 774 valence electrons. The van der Waals surface area contributed by atoms with E-state index in [9.17, 15) is 101 Å². The number of nitrogens with zero attached hydrogens (tertiary/aromatic N) is 8. The van der Waals surface area contributed by atoms with Gasteiger partial charge in [-0.2, -0.15) is 0 Å². The lowest BCUT2D eigenvalue weighted by molar-refractivity contribution is -0.384. The van der Waals surface area contributed by atoms with Crippen molar-refractivity contribution < 1.29 is 120 Å². The first kappa shape index (κ1) is 114. The number of non-ortho nitro benzene ring substituents is 1. The fourth-order valence-electron chi connectivity index (χ4n) is 14.8. The van der Waals surface area contributed by atoms with Crippen LogP contribution in [0.25, 0.3) is 21.8 Å². The Labute approximate surface area is 822 Å². The lowest BCUT2D eigenvalue weighted by Gasteiger charge is -2.35. The number of nitro benzene ring substituents is 1. The maximum Gasteiger partial charge on any atom is 0.514 e. The fourth-order valence-corrected chi connectivity index (χ4v) is 14.8. The molecule has 5 aromatic carbocycles. The van der Waals surface area contributed by atoms with Gasteiger partial charge in [-0.15, -0.1) is 0 Å². The third kappa shape index (κ3) is 36.9. The zero-order valence-corrected chi connectivity index (χ0v) is 83.0. The van der Waals surface area contributed by atoms with Crippen molar-refractivity contribution in [2.75, 3.05) is 121 Å². The number of alkyl halides is 1. The van der Waals surface area contributed by atoms with Gasteiger partial charge in [-0.05, 0) is 165 Å². The normalized spacial score (nSPS) is 13.3. The number of Topliss-reactive ketones (excluding diaryl/α,β-unsaturated/α-hetero) is 2. The summed E-state index contributed by atoms with van der Waals surface area (Å²) in [7, 11) is 5.52. The van der Waals surface area contributed by atoms with Crippen molar-refractivity contribution in [3.05, 3.63) is 174 Å². The van der Waals surface area contributed by atoms with Crippen molar-refractivity contribution in [3.8, 4) is 5.75 Å². The van der Waals surface area contributed by atoms with Crippen molar-refractivity contribution in [1.82, 2.24) is 50.4 Å². The van der Waals surface area contributed by atoms with Gasteiger partial charge in [0, 0.05) is 204 Å². The molecule has 0 radical (unpaired) electrons. The number of rotatable bonds is 40. The molecule has 0 bridgehead atoms. The third-order valence-electron chi connectivity index (χ3n) is 22.4. The third-order valence-corrected chi connectivity index (χ3v) is 22.4. The van der Waals surface area contributed by atoms with Crippen LogP contribution < -0.4 is 62.6 Å². The number of piperazine rings is 2. The topological polar surface area (TPSA) is 513 Å². The minimum Gasteiger partial charge on any atom is -0.477 e. The predicted octanol–water partition coefficient (Wildman–Crippen LogP) is 12.1. The van der Waals surface area contributed by atoms with Crippen LogP contribution >= 0.6 is 0 Å². The molecule has 0 spiro atoms. The molecule has 142 heavy (non-hydrogen) atoms. The monoisotopic (exact) mass is 1990 g/mol. The predicted molar refractivity (Wildman–Crippen MR) is 524 cm³/mol. The molecule has 2 aliphatic rings. The molecule has 2 aliphatic heterocycles. The number of carboxylic acids is 2. The summed E-state index contributed by atoms with van der Waals surface area (Å²) in [6.07, 6.45) is 0.449. The van der Waals surface area contributed by atoms with Gasteiger partial charge in [-0.3, -0.25) is 62.5 Å². The van der Waals surface area contributed by atoms with Crippen molar-refractivity contribution >= 4 is 134 Å². The minimum absolute atomic E-state index is 0.0255. The van der Waals surface area contributed by atoms with Crippen LogP contribution in [0.15, 0.2) is 119 Å². The van der Waals surface area contributed by atoms with E-state index in [1.807, 2.05) is 11.8 Å². The number of alkyl carbamates (subject to hydrolysis) is 2. The molecule has 9 N–H and O–H groups in total. The SMILES string of the molecule is CC(C)[C@H](NC(=O)CCCC(=O)N(C)C)C(=O)C[C@@H](CCNC(=O)OC(C)(C)C)C(=O)Nc1ccc(COC(=O)Oc2ccc([N+](=O)[O-])cc2)cc1.CCn1cc(C(=O)O)c(=O)c2cc(F)c(N3CCN(C(=O)OCc4ccc(NC(=O)[C@H](CCNC(=O)OC(C)(C)C)CC(=O)[C@@H](NC(=O)CCCC(=O)N(C)C)C(C)C)cc4)CC3)cc21.CCn1cc(C(=O)O)c(=O)c2cc(F)c(N3CCNCC3)cc21.[2H]CF. The van der Waals surface area contributed by atoms with Gasteiger partial charge in [0.1, 0.15) is 52.9 Å². The number of nitro groups is 1. The van der Waals surface area contributed by atoms with Crippen LogP contribution in [0.5, 0.6) is 5.75 Å². The molecule has 9 rings (SSSR count). The number of aromatic carboxylic acids is 2. The Hall–Kier alpha value is -14.6. The summed E-state index contributed by atoms with van der Waals surface area (Å²) in [4.78, 5) is 220. The minimum atomic E-state index is -1.39. The number of carboxylic acid groups (broad SMARTS) is 2. The number of pyridine rings is 2. The van der Waals surface area contributed by atoms with Crippen molar-refractivity contribution in [3.63, 3.8) is 0 Å². The average Bonchev–Trinajstić information content (AvgIpc) is 0.765. The number of carbonyl (C=O) groups is 14. The molecule has 2 saturated heterocycles. The largest absolute Gasteiger partial charge is 0.514 e. The number of ketones is 2. The Morgan fingerprint density at radius 1 is 0.549 bits per heavy atom. The molecule has 43 heteroatoms. The maximum atomic E-state index is 15.4. The first-order chi connectivity index (χ1) is 67.4. The van der Waals surface area contributed by atoms with E-state index >= 15 is 4.39 Å². The molecule has 4 heterocycles. The lowest BCUT2D eigenvalue weighted by Crippen LogP contribution is -2.49. The Kier molecular flexibility index (Phi) is 44.7. The van der Waals surface area contributed by atoms with Crippen molar-refractivity contribution in [2.24, 2.45) is 23.7 Å². The highest BCUT2D eigenvalue weighted by atomic mass is 19.1. The molecule has 40 nitrogen and oxygen atoms in total. The number of amides is 9. The van der Waals surface area contributed by atoms with E-state index in [-0.39, 0.29) is 184 Å². The van der Waals surface area contributed by atoms with Crippen LogP contribution in [0.1, 0.15) is 181 Å². The molecule has 7 aromatic rings. The van der Waals surface area contributed by atoms with Gasteiger partial charge >= 0.3 is 36.4 Å². The standard InChI is InChI=1S/C46H62FN7O11.C36H49N5O11.C16H18FN3O3.CH3F/c1-9-52-26-33(43(60)61)41(58)32-24-34(47)36(25-35(32)52)53-19-21-54(22-20-53)45(63)64-27-29-13-15-31(16-14-29)49-42(59)30(17-18-48-44(62)65-46(4,5)6)23-37(55)40(28(2)3)50-38(56)11-10-12-39(57)51(7)8;1-23(2)32(39-30(43)9-8-10-31(44)40(6)7)29(42)21-25(19-20-37-34(46)52-36(3,4)5)33(45)38-26-13-11-24(12-14-26)22-50-35(47)51-28-17-15-27(16-18-28)41(48)49;1-2-19-9-11(16(22)23)15(21)10-7-12(17)14(8-13(10)19)20-5-3-18-4-6-20;1-2/h13-16,24-26,28,30,40H,9-12,17-23,27H2,1-8H3,(H,48,62)(H,49,59)(H,50,56)(H,60,61);11-18,23,25,32H,8-10,19-22H2,1-7H3,(H,37,46)(H,38,45)(H,39,43);7-9,18H,2-6H2,1H3,(H,22,23);1H3/t30-,40+;25-,32+;;/m11../s1/i;;;1D. The smallest absolute Gasteiger partial charge is 0.477 e. The number of aromatic nitrogens is 2.